The van der Waals surface area contributed by atoms with Gasteiger partial charge in [0, 0.05) is 12.6 Å². The highest BCUT2D eigenvalue weighted by Crippen LogP contribution is 2.33. The molecule has 0 radical (unpaired) electrons. The van der Waals surface area contributed by atoms with Gasteiger partial charge in [-0.1, -0.05) is 12.1 Å². The zero-order valence-electron chi connectivity index (χ0n) is 15.5. The molecule has 7 nitrogen and oxygen atoms in total. The molecule has 10 heteroatoms. The first kappa shape index (κ1) is 20.5. The Morgan fingerprint density at radius 1 is 1.21 bits per heavy atom. The van der Waals surface area contributed by atoms with E-state index in [1.54, 1.807) is 19.1 Å². The number of nitrogens with one attached hydrogen (secondary N) is 2. The largest absolute Gasteiger partial charge is 0.573 e. The van der Waals surface area contributed by atoms with Gasteiger partial charge in [-0.05, 0) is 43.7 Å². The van der Waals surface area contributed by atoms with Crippen LogP contribution in [0.1, 0.15) is 29.9 Å². The van der Waals surface area contributed by atoms with E-state index in [-0.39, 0.29) is 23.2 Å². The number of hydrogen-bond acceptors (Lipinski definition) is 6. The lowest BCUT2D eigenvalue weighted by molar-refractivity contribution is -0.274. The maximum atomic E-state index is 12.3. The molecule has 2 aromatic rings. The molecule has 0 spiro atoms. The van der Waals surface area contributed by atoms with Crippen molar-refractivity contribution in [3.05, 3.63) is 65.8 Å². The SMILES string of the molecule is CCNC(=O)c1ccc(OC2=C[C@](C)(c3ccc(OC(F)(F)F)cc3)ON2)cn1. The molecule has 3 rings (SSSR count). The summed E-state index contributed by atoms with van der Waals surface area (Å²) >= 11 is 0. The summed E-state index contributed by atoms with van der Waals surface area (Å²) in [6.07, 6.45) is -1.73. The normalized spacial score (nSPS) is 18.6. The number of nitrogens with zero attached hydrogens (tertiary/aromatic N) is 1. The van der Waals surface area contributed by atoms with E-state index in [1.165, 1.54) is 36.5 Å². The highest BCUT2D eigenvalue weighted by molar-refractivity contribution is 5.92. The molecule has 2 N–H and O–H groups in total. The number of pyridine rings is 1. The Bertz CT molecular complexity index is 898. The summed E-state index contributed by atoms with van der Waals surface area (Å²) in [4.78, 5) is 21.3. The van der Waals surface area contributed by atoms with Crippen LogP contribution in [0.4, 0.5) is 13.2 Å². The molecule has 1 amide bonds. The van der Waals surface area contributed by atoms with Gasteiger partial charge in [0.1, 0.15) is 22.8 Å². The first-order valence-electron chi connectivity index (χ1n) is 8.64. The van der Waals surface area contributed by atoms with Crippen molar-refractivity contribution >= 4 is 5.91 Å². The Hall–Kier alpha value is -3.27. The number of rotatable bonds is 6. The van der Waals surface area contributed by atoms with Crippen molar-refractivity contribution in [1.29, 1.82) is 0 Å². The molecule has 0 saturated heterocycles. The van der Waals surface area contributed by atoms with E-state index in [4.69, 9.17) is 9.57 Å². The molecule has 2 heterocycles. The summed E-state index contributed by atoms with van der Waals surface area (Å²) in [5.41, 5.74) is 2.50. The van der Waals surface area contributed by atoms with Crippen molar-refractivity contribution < 1.29 is 32.3 Å². The molecule has 1 aliphatic rings. The number of carbonyl (C=O) groups is 1. The smallest absolute Gasteiger partial charge is 0.438 e. The Labute approximate surface area is 164 Å². The second kappa shape index (κ2) is 8.00. The zero-order chi connectivity index (χ0) is 21.1. The van der Waals surface area contributed by atoms with E-state index < -0.39 is 12.0 Å². The predicted molar refractivity (Wildman–Crippen MR) is 95.7 cm³/mol. The highest BCUT2D eigenvalue weighted by atomic mass is 19.4. The number of halogens is 3. The van der Waals surface area contributed by atoms with Crippen molar-refractivity contribution in [2.45, 2.75) is 25.8 Å². The van der Waals surface area contributed by atoms with Crippen LogP contribution < -0.4 is 20.3 Å². The number of aromatic nitrogens is 1. The molecule has 154 valence electrons. The molecule has 0 unspecified atom stereocenters. The quantitative estimate of drug-likeness (QED) is 0.761. The Kier molecular flexibility index (Phi) is 5.64. The number of hydrogen-bond donors (Lipinski definition) is 2. The maximum Gasteiger partial charge on any atom is 0.573 e. The van der Waals surface area contributed by atoms with Crippen molar-refractivity contribution in [2.75, 3.05) is 6.54 Å². The minimum atomic E-state index is -4.75. The van der Waals surface area contributed by atoms with Gasteiger partial charge in [-0.25, -0.2) is 10.5 Å². The third kappa shape index (κ3) is 5.17. The van der Waals surface area contributed by atoms with Crippen LogP contribution in [0.3, 0.4) is 0 Å². The zero-order valence-corrected chi connectivity index (χ0v) is 15.5. The average Bonchev–Trinajstić information content (AvgIpc) is 3.03. The summed E-state index contributed by atoms with van der Waals surface area (Å²) in [5.74, 6) is 0.0369. The lowest BCUT2D eigenvalue weighted by Gasteiger charge is -2.20. The second-order valence-corrected chi connectivity index (χ2v) is 6.23. The molecule has 1 atom stereocenters. The number of benzene rings is 1. The van der Waals surface area contributed by atoms with Gasteiger partial charge in [-0.15, -0.1) is 13.2 Å². The van der Waals surface area contributed by atoms with Gasteiger partial charge < -0.3 is 14.8 Å². The fourth-order valence-corrected chi connectivity index (χ4v) is 2.60. The van der Waals surface area contributed by atoms with Gasteiger partial charge in [0.25, 0.3) is 5.91 Å². The number of alkyl halides is 3. The molecule has 29 heavy (non-hydrogen) atoms. The molecule has 1 aromatic heterocycles. The standard InChI is InChI=1S/C19H18F3N3O4/c1-3-23-17(26)15-9-8-14(11-24-15)27-16-10-18(2,29-25-16)12-4-6-13(7-5-12)28-19(20,21)22/h4-11,25H,3H2,1-2H3,(H,23,26)/t18-/m1/s1. The van der Waals surface area contributed by atoms with Crippen molar-refractivity contribution in [1.82, 2.24) is 15.8 Å². The molecule has 0 fully saturated rings. The number of carbonyl (C=O) groups excluding carboxylic acids is 1. The lowest BCUT2D eigenvalue weighted by Crippen LogP contribution is -2.24. The van der Waals surface area contributed by atoms with E-state index in [9.17, 15) is 18.0 Å². The van der Waals surface area contributed by atoms with Crippen LogP contribution in [-0.2, 0) is 10.4 Å². The van der Waals surface area contributed by atoms with Gasteiger partial charge in [0.15, 0.2) is 0 Å². The van der Waals surface area contributed by atoms with Gasteiger partial charge in [-0.2, -0.15) is 0 Å². The predicted octanol–water partition coefficient (Wildman–Crippen LogP) is 3.40. The average molecular weight is 409 g/mol. The third-order valence-corrected chi connectivity index (χ3v) is 3.97. The van der Waals surface area contributed by atoms with Crippen LogP contribution in [0.25, 0.3) is 0 Å². The second-order valence-electron chi connectivity index (χ2n) is 6.23. The molecular weight excluding hydrogens is 391 g/mol. The van der Waals surface area contributed by atoms with Crippen LogP contribution in [0.2, 0.25) is 0 Å². The van der Waals surface area contributed by atoms with Crippen LogP contribution >= 0.6 is 0 Å². The van der Waals surface area contributed by atoms with Gasteiger partial charge in [0.05, 0.1) is 6.20 Å². The summed E-state index contributed by atoms with van der Waals surface area (Å²) in [7, 11) is 0. The Balaban J connectivity index is 1.68. The first-order valence-corrected chi connectivity index (χ1v) is 8.64. The summed E-state index contributed by atoms with van der Waals surface area (Å²) in [6.45, 7) is 4.02. The van der Waals surface area contributed by atoms with Gasteiger partial charge >= 0.3 is 6.36 Å². The molecule has 0 saturated carbocycles. The summed E-state index contributed by atoms with van der Waals surface area (Å²) in [6, 6.07) is 8.44. The highest BCUT2D eigenvalue weighted by Gasteiger charge is 2.34. The summed E-state index contributed by atoms with van der Waals surface area (Å²) in [5, 5.41) is 2.64. The number of hydroxylamine groups is 1. The van der Waals surface area contributed by atoms with E-state index >= 15 is 0 Å². The monoisotopic (exact) mass is 409 g/mol. The maximum absolute atomic E-state index is 12.3. The molecule has 0 aliphatic carbocycles. The van der Waals surface area contributed by atoms with E-state index in [2.05, 4.69) is 20.5 Å². The summed E-state index contributed by atoms with van der Waals surface area (Å²) < 4.78 is 46.3. The first-order chi connectivity index (χ1) is 13.7. The van der Waals surface area contributed by atoms with Crippen molar-refractivity contribution in [3.8, 4) is 11.5 Å². The van der Waals surface area contributed by atoms with Crippen LogP contribution in [0.5, 0.6) is 11.5 Å². The lowest BCUT2D eigenvalue weighted by atomic mass is 9.96. The van der Waals surface area contributed by atoms with E-state index in [0.717, 1.165) is 0 Å². The Morgan fingerprint density at radius 3 is 2.48 bits per heavy atom. The molecule has 1 aromatic carbocycles. The van der Waals surface area contributed by atoms with Crippen molar-refractivity contribution in [2.24, 2.45) is 0 Å². The van der Waals surface area contributed by atoms with Crippen LogP contribution in [0, 0.1) is 0 Å². The minimum Gasteiger partial charge on any atom is -0.438 e. The molecular formula is C19H18F3N3O4. The van der Waals surface area contributed by atoms with Crippen LogP contribution in [-0.4, -0.2) is 23.8 Å². The van der Waals surface area contributed by atoms with E-state index in [1.807, 2.05) is 6.92 Å². The van der Waals surface area contributed by atoms with E-state index in [0.29, 0.717) is 17.9 Å². The number of amides is 1. The van der Waals surface area contributed by atoms with Crippen molar-refractivity contribution in [3.63, 3.8) is 0 Å². The topological polar surface area (TPSA) is 81.7 Å². The minimum absolute atomic E-state index is 0.259. The molecule has 0 bridgehead atoms. The van der Waals surface area contributed by atoms with Gasteiger partial charge in [-0.3, -0.25) is 9.63 Å². The van der Waals surface area contributed by atoms with Gasteiger partial charge in [0.2, 0.25) is 5.88 Å². The Morgan fingerprint density at radius 2 is 1.90 bits per heavy atom. The number of ether oxygens (including phenoxy) is 2. The van der Waals surface area contributed by atoms with Crippen LogP contribution in [0.15, 0.2) is 54.6 Å². The molecule has 1 aliphatic heterocycles. The fraction of sp³-hybridized carbons (Fsp3) is 0.263. The fourth-order valence-electron chi connectivity index (χ4n) is 2.60. The third-order valence-electron chi connectivity index (χ3n) is 3.97.